The fourth-order valence-corrected chi connectivity index (χ4v) is 2.35. The molecule has 88 valence electrons. The van der Waals surface area contributed by atoms with Gasteiger partial charge in [-0.2, -0.15) is 0 Å². The van der Waals surface area contributed by atoms with Gasteiger partial charge in [-0.1, -0.05) is 27.7 Å². The molecule has 0 aromatic carbocycles. The number of carbonyl (C=O) groups excluding carboxylic acids is 1. The molecule has 1 aliphatic heterocycles. The average Bonchev–Trinajstić information content (AvgIpc) is 2.75. The van der Waals surface area contributed by atoms with Crippen LogP contribution < -0.4 is 0 Å². The number of methoxy groups -OCH3 is 1. The molecule has 1 rings (SSSR count). The van der Waals surface area contributed by atoms with Crippen molar-refractivity contribution in [3.05, 3.63) is 0 Å². The molecule has 1 unspecified atom stereocenters. The lowest BCUT2D eigenvalue weighted by Gasteiger charge is -2.17. The first-order chi connectivity index (χ1) is 6.91. The normalized spacial score (nSPS) is 23.3. The van der Waals surface area contributed by atoms with Crippen molar-refractivity contribution in [2.75, 3.05) is 7.11 Å². The highest BCUT2D eigenvalue weighted by molar-refractivity contribution is 5.79. The van der Waals surface area contributed by atoms with E-state index in [9.17, 15) is 4.79 Å². The van der Waals surface area contributed by atoms with Crippen molar-refractivity contribution in [3.63, 3.8) is 0 Å². The van der Waals surface area contributed by atoms with E-state index in [0.717, 1.165) is 12.8 Å². The van der Waals surface area contributed by atoms with Crippen molar-refractivity contribution in [1.82, 2.24) is 0 Å². The topological polar surface area (TPSA) is 38.8 Å². The highest BCUT2D eigenvalue weighted by Crippen LogP contribution is 2.47. The Morgan fingerprint density at radius 2 is 1.73 bits per heavy atom. The van der Waals surface area contributed by atoms with Crippen LogP contribution in [-0.4, -0.2) is 24.8 Å². The number of carbonyl (C=O) groups is 1. The van der Waals surface area contributed by atoms with E-state index >= 15 is 0 Å². The molecule has 0 radical (unpaired) electrons. The highest BCUT2D eigenvalue weighted by atomic mass is 16.7. The second-order valence-corrected chi connectivity index (χ2v) is 5.28. The number of rotatable bonds is 5. The Kier molecular flexibility index (Phi) is 3.77. The first kappa shape index (κ1) is 12.5. The van der Waals surface area contributed by atoms with E-state index in [1.165, 1.54) is 7.11 Å². The average molecular weight is 214 g/mol. The van der Waals surface area contributed by atoms with Gasteiger partial charge >= 0.3 is 5.97 Å². The first-order valence-corrected chi connectivity index (χ1v) is 5.67. The monoisotopic (exact) mass is 214 g/mol. The van der Waals surface area contributed by atoms with E-state index in [2.05, 4.69) is 27.7 Å². The van der Waals surface area contributed by atoms with Crippen LogP contribution in [0.1, 0.15) is 40.5 Å². The van der Waals surface area contributed by atoms with Gasteiger partial charge in [-0.3, -0.25) is 0 Å². The standard InChI is InChI=1S/C12H22O3/c1-8(2)6-12(7-9(3)4)10(15-12)11(13)14-5/h8-10H,6-7H2,1-5H3. The summed E-state index contributed by atoms with van der Waals surface area (Å²) < 4.78 is 10.3. The van der Waals surface area contributed by atoms with Gasteiger partial charge in [0, 0.05) is 0 Å². The molecule has 1 atom stereocenters. The first-order valence-electron chi connectivity index (χ1n) is 5.67. The van der Waals surface area contributed by atoms with Crippen LogP contribution in [0.3, 0.4) is 0 Å². The van der Waals surface area contributed by atoms with Crippen molar-refractivity contribution in [3.8, 4) is 0 Å². The number of ether oxygens (including phenoxy) is 2. The van der Waals surface area contributed by atoms with E-state index in [-0.39, 0.29) is 17.7 Å². The number of hydrogen-bond donors (Lipinski definition) is 0. The molecule has 0 amide bonds. The Labute approximate surface area is 92.1 Å². The van der Waals surface area contributed by atoms with Crippen LogP contribution in [0.25, 0.3) is 0 Å². The largest absolute Gasteiger partial charge is 0.467 e. The molecule has 15 heavy (non-hydrogen) atoms. The van der Waals surface area contributed by atoms with Crippen molar-refractivity contribution in [2.24, 2.45) is 11.8 Å². The maximum absolute atomic E-state index is 11.4. The zero-order valence-corrected chi connectivity index (χ0v) is 10.4. The SMILES string of the molecule is COC(=O)C1OC1(CC(C)C)CC(C)C. The Morgan fingerprint density at radius 1 is 1.27 bits per heavy atom. The van der Waals surface area contributed by atoms with Crippen molar-refractivity contribution >= 4 is 5.97 Å². The summed E-state index contributed by atoms with van der Waals surface area (Å²) in [7, 11) is 1.42. The van der Waals surface area contributed by atoms with Gasteiger partial charge in [0.1, 0.15) is 5.60 Å². The lowest BCUT2D eigenvalue weighted by Crippen LogP contribution is -2.25. The van der Waals surface area contributed by atoms with Crippen molar-refractivity contribution in [2.45, 2.75) is 52.2 Å². The molecular formula is C12H22O3. The molecule has 0 aromatic rings. The molecule has 1 fully saturated rings. The van der Waals surface area contributed by atoms with Crippen LogP contribution in [0.5, 0.6) is 0 Å². The van der Waals surface area contributed by atoms with Crippen LogP contribution in [0.2, 0.25) is 0 Å². The minimum atomic E-state index is -0.327. The zero-order chi connectivity index (χ0) is 11.6. The van der Waals surface area contributed by atoms with Crippen LogP contribution in [0, 0.1) is 11.8 Å². The fourth-order valence-electron chi connectivity index (χ4n) is 2.35. The van der Waals surface area contributed by atoms with Gasteiger partial charge in [0.05, 0.1) is 7.11 Å². The summed E-state index contributed by atoms with van der Waals surface area (Å²) in [5.41, 5.74) is -0.241. The van der Waals surface area contributed by atoms with Gasteiger partial charge in [-0.15, -0.1) is 0 Å². The van der Waals surface area contributed by atoms with Gasteiger partial charge in [0.2, 0.25) is 0 Å². The number of esters is 1. The second-order valence-electron chi connectivity index (χ2n) is 5.28. The maximum atomic E-state index is 11.4. The van der Waals surface area contributed by atoms with Gasteiger partial charge in [-0.25, -0.2) is 4.79 Å². The van der Waals surface area contributed by atoms with Crippen LogP contribution in [-0.2, 0) is 14.3 Å². The molecule has 1 heterocycles. The Hall–Kier alpha value is -0.570. The van der Waals surface area contributed by atoms with E-state index in [1.54, 1.807) is 0 Å². The fraction of sp³-hybridized carbons (Fsp3) is 0.917. The second kappa shape index (κ2) is 4.52. The van der Waals surface area contributed by atoms with E-state index in [4.69, 9.17) is 9.47 Å². The van der Waals surface area contributed by atoms with Crippen LogP contribution in [0.15, 0.2) is 0 Å². The van der Waals surface area contributed by atoms with E-state index < -0.39 is 0 Å². The molecule has 0 bridgehead atoms. The third-order valence-electron chi connectivity index (χ3n) is 2.70. The summed E-state index contributed by atoms with van der Waals surface area (Å²) >= 11 is 0. The van der Waals surface area contributed by atoms with Gasteiger partial charge < -0.3 is 9.47 Å². The quantitative estimate of drug-likeness (QED) is 0.521. The Balaban J connectivity index is 2.62. The van der Waals surface area contributed by atoms with Crippen LogP contribution >= 0.6 is 0 Å². The van der Waals surface area contributed by atoms with E-state index in [0.29, 0.717) is 11.8 Å². The molecule has 1 saturated heterocycles. The third-order valence-corrected chi connectivity index (χ3v) is 2.70. The third kappa shape index (κ3) is 2.94. The van der Waals surface area contributed by atoms with Gasteiger partial charge in [0.15, 0.2) is 6.10 Å². The lowest BCUT2D eigenvalue weighted by atomic mass is 9.86. The smallest absolute Gasteiger partial charge is 0.338 e. The summed E-state index contributed by atoms with van der Waals surface area (Å²) in [5, 5.41) is 0. The van der Waals surface area contributed by atoms with Gasteiger partial charge in [-0.05, 0) is 24.7 Å². The van der Waals surface area contributed by atoms with Crippen LogP contribution in [0.4, 0.5) is 0 Å². The zero-order valence-electron chi connectivity index (χ0n) is 10.4. The predicted octanol–water partition coefficient (Wildman–Crippen LogP) is 2.39. The summed E-state index contributed by atoms with van der Waals surface area (Å²) in [6.45, 7) is 8.60. The Bertz CT molecular complexity index is 223. The minimum absolute atomic E-state index is 0.226. The van der Waals surface area contributed by atoms with Crippen molar-refractivity contribution in [1.29, 1.82) is 0 Å². The summed E-state index contributed by atoms with van der Waals surface area (Å²) in [6, 6.07) is 0. The van der Waals surface area contributed by atoms with Gasteiger partial charge in [0.25, 0.3) is 0 Å². The molecule has 0 spiro atoms. The summed E-state index contributed by atoms with van der Waals surface area (Å²) in [6.07, 6.45) is 1.54. The summed E-state index contributed by atoms with van der Waals surface area (Å²) in [5.74, 6) is 0.855. The minimum Gasteiger partial charge on any atom is -0.467 e. The number of hydrogen-bond acceptors (Lipinski definition) is 3. The molecular weight excluding hydrogens is 192 g/mol. The van der Waals surface area contributed by atoms with E-state index in [1.807, 2.05) is 0 Å². The Morgan fingerprint density at radius 3 is 2.07 bits per heavy atom. The van der Waals surface area contributed by atoms with Crippen molar-refractivity contribution < 1.29 is 14.3 Å². The predicted molar refractivity (Wildman–Crippen MR) is 58.5 cm³/mol. The molecule has 0 N–H and O–H groups in total. The molecule has 3 nitrogen and oxygen atoms in total. The highest BCUT2D eigenvalue weighted by Gasteiger charge is 2.61. The molecule has 0 saturated carbocycles. The molecule has 1 aliphatic rings. The molecule has 3 heteroatoms. The number of epoxide rings is 1. The maximum Gasteiger partial charge on any atom is 0.338 e. The molecule has 0 aliphatic carbocycles. The molecule has 0 aromatic heterocycles. The lowest BCUT2D eigenvalue weighted by molar-refractivity contribution is -0.142. The summed E-state index contributed by atoms with van der Waals surface area (Å²) in [4.78, 5) is 11.4.